The Bertz CT molecular complexity index is 702. The molecule has 0 fully saturated rings. The maximum Gasteiger partial charge on any atom is 0.326 e. The number of nitrogens with two attached hydrogens (primary N) is 3. The molecule has 4 atom stereocenters. The highest BCUT2D eigenvalue weighted by Crippen LogP contribution is 2.04. The predicted molar refractivity (Wildman–Crippen MR) is 112 cm³/mol. The Kier molecular flexibility index (Phi) is 12.2. The molecule has 31 heavy (non-hydrogen) atoms. The lowest BCUT2D eigenvalue weighted by Gasteiger charge is -2.24. The van der Waals surface area contributed by atoms with Crippen LogP contribution in [0.25, 0.3) is 0 Å². The molecule has 0 aromatic carbocycles. The SMILES string of the molecule is CC(C)C(NC(=O)C(CS)NC(=O)C(CC(N)=O)NC(=O)C(N)CCC(N)=O)C(=O)O. The van der Waals surface area contributed by atoms with Crippen LogP contribution in [0, 0.1) is 5.92 Å². The Balaban J connectivity index is 5.24. The highest BCUT2D eigenvalue weighted by atomic mass is 32.1. The van der Waals surface area contributed by atoms with E-state index >= 15 is 0 Å². The van der Waals surface area contributed by atoms with Gasteiger partial charge in [0.1, 0.15) is 18.1 Å². The molecule has 0 aliphatic rings. The van der Waals surface area contributed by atoms with Crippen LogP contribution in [0.4, 0.5) is 0 Å². The first-order valence-electron chi connectivity index (χ1n) is 9.37. The molecule has 0 bridgehead atoms. The summed E-state index contributed by atoms with van der Waals surface area (Å²) in [4.78, 5) is 70.5. The van der Waals surface area contributed by atoms with Gasteiger partial charge in [-0.15, -0.1) is 0 Å². The number of amides is 5. The first-order chi connectivity index (χ1) is 14.3. The van der Waals surface area contributed by atoms with Crippen LogP contribution < -0.4 is 33.2 Å². The molecule has 0 rings (SSSR count). The van der Waals surface area contributed by atoms with Gasteiger partial charge in [0.15, 0.2) is 0 Å². The number of hydrogen-bond donors (Lipinski definition) is 8. The van der Waals surface area contributed by atoms with Crippen LogP contribution in [0.15, 0.2) is 0 Å². The zero-order valence-electron chi connectivity index (χ0n) is 17.3. The van der Waals surface area contributed by atoms with Crippen molar-refractivity contribution < 1.29 is 33.9 Å². The molecule has 0 spiro atoms. The van der Waals surface area contributed by atoms with Gasteiger partial charge in [-0.1, -0.05) is 13.8 Å². The quantitative estimate of drug-likeness (QED) is 0.121. The number of aliphatic carboxylic acids is 1. The lowest BCUT2D eigenvalue weighted by Crippen LogP contribution is -2.58. The number of nitrogens with one attached hydrogen (secondary N) is 3. The third kappa shape index (κ3) is 10.6. The zero-order valence-corrected chi connectivity index (χ0v) is 18.2. The summed E-state index contributed by atoms with van der Waals surface area (Å²) in [5.41, 5.74) is 15.7. The maximum absolute atomic E-state index is 12.6. The van der Waals surface area contributed by atoms with Crippen molar-refractivity contribution in [3.8, 4) is 0 Å². The van der Waals surface area contributed by atoms with Gasteiger partial charge in [0.05, 0.1) is 12.5 Å². The van der Waals surface area contributed by atoms with E-state index in [2.05, 4.69) is 28.6 Å². The number of carbonyl (C=O) groups is 6. The topological polar surface area (TPSA) is 237 Å². The summed E-state index contributed by atoms with van der Waals surface area (Å²) in [6, 6.07) is -5.09. The number of hydrogen-bond acceptors (Lipinski definition) is 8. The van der Waals surface area contributed by atoms with E-state index in [9.17, 15) is 33.9 Å². The van der Waals surface area contributed by atoms with Gasteiger partial charge in [0.25, 0.3) is 0 Å². The van der Waals surface area contributed by atoms with Crippen molar-refractivity contribution in [2.75, 3.05) is 5.75 Å². The summed E-state index contributed by atoms with van der Waals surface area (Å²) in [7, 11) is 0. The third-order valence-corrected chi connectivity index (χ3v) is 4.49. The van der Waals surface area contributed by atoms with Gasteiger partial charge in [-0.3, -0.25) is 24.0 Å². The third-order valence-electron chi connectivity index (χ3n) is 4.12. The fourth-order valence-corrected chi connectivity index (χ4v) is 2.61. The van der Waals surface area contributed by atoms with Crippen molar-refractivity contribution in [2.45, 2.75) is 57.3 Å². The van der Waals surface area contributed by atoms with E-state index in [1.807, 2.05) is 0 Å². The first-order valence-corrected chi connectivity index (χ1v) is 10.00. The lowest BCUT2D eigenvalue weighted by atomic mass is 10.0. The van der Waals surface area contributed by atoms with E-state index in [4.69, 9.17) is 17.2 Å². The van der Waals surface area contributed by atoms with Crippen molar-refractivity contribution in [3.63, 3.8) is 0 Å². The molecule has 4 unspecified atom stereocenters. The van der Waals surface area contributed by atoms with Gasteiger partial charge >= 0.3 is 5.97 Å². The van der Waals surface area contributed by atoms with E-state index in [0.29, 0.717) is 0 Å². The molecule has 10 N–H and O–H groups in total. The molecule has 0 aliphatic carbocycles. The molecule has 0 aromatic heterocycles. The standard InChI is InChI=1S/C17H30N6O7S/c1-7(2)13(17(29)30)23-16(28)10(6-31)22-15(27)9(5-12(20)25)21-14(26)8(18)3-4-11(19)24/h7-10,13,31H,3-6,18H2,1-2H3,(H2,19,24)(H2,20,25)(H,21,26)(H,22,27)(H,23,28)(H,29,30). The maximum atomic E-state index is 12.6. The summed E-state index contributed by atoms with van der Waals surface area (Å²) in [6.07, 6.45) is -0.839. The summed E-state index contributed by atoms with van der Waals surface area (Å²) < 4.78 is 0. The molecule has 0 aliphatic heterocycles. The number of thiol groups is 1. The molecule has 0 saturated heterocycles. The van der Waals surface area contributed by atoms with E-state index in [-0.39, 0.29) is 18.6 Å². The van der Waals surface area contributed by atoms with Crippen LogP contribution in [0.1, 0.15) is 33.1 Å². The Labute approximate surface area is 184 Å². The normalized spacial score (nSPS) is 14.6. The largest absolute Gasteiger partial charge is 0.480 e. The number of carboxylic acids is 1. The molecule has 5 amide bonds. The average Bonchev–Trinajstić information content (AvgIpc) is 2.66. The minimum absolute atomic E-state index is 0.0838. The highest BCUT2D eigenvalue weighted by molar-refractivity contribution is 7.80. The van der Waals surface area contributed by atoms with Crippen molar-refractivity contribution in [1.82, 2.24) is 16.0 Å². The van der Waals surface area contributed by atoms with Crippen LogP contribution in [0.3, 0.4) is 0 Å². The Morgan fingerprint density at radius 2 is 1.39 bits per heavy atom. The number of carboxylic acid groups (broad SMARTS) is 1. The summed E-state index contributed by atoms with van der Waals surface area (Å²) in [5, 5.41) is 16.0. The fourth-order valence-electron chi connectivity index (χ4n) is 2.35. The lowest BCUT2D eigenvalue weighted by molar-refractivity contribution is -0.143. The van der Waals surface area contributed by atoms with Gasteiger partial charge in [-0.2, -0.15) is 12.6 Å². The highest BCUT2D eigenvalue weighted by Gasteiger charge is 2.31. The Morgan fingerprint density at radius 1 is 0.871 bits per heavy atom. The average molecular weight is 463 g/mol. The zero-order chi connectivity index (χ0) is 24.3. The smallest absolute Gasteiger partial charge is 0.326 e. The molecule has 0 radical (unpaired) electrons. The van der Waals surface area contributed by atoms with Gasteiger partial charge in [-0.25, -0.2) is 4.79 Å². The van der Waals surface area contributed by atoms with E-state index in [1.54, 1.807) is 13.8 Å². The predicted octanol–water partition coefficient (Wildman–Crippen LogP) is -3.42. The van der Waals surface area contributed by atoms with E-state index < -0.39 is 72.0 Å². The molecule has 176 valence electrons. The Morgan fingerprint density at radius 3 is 1.81 bits per heavy atom. The fraction of sp³-hybridized carbons (Fsp3) is 0.647. The van der Waals surface area contributed by atoms with Crippen LogP contribution in [0.2, 0.25) is 0 Å². The number of rotatable bonds is 14. The van der Waals surface area contributed by atoms with Gasteiger partial charge in [0.2, 0.25) is 29.5 Å². The summed E-state index contributed by atoms with van der Waals surface area (Å²) >= 11 is 3.98. The molecule has 0 saturated carbocycles. The van der Waals surface area contributed by atoms with Crippen LogP contribution in [-0.2, 0) is 28.8 Å². The van der Waals surface area contributed by atoms with Crippen molar-refractivity contribution in [3.05, 3.63) is 0 Å². The van der Waals surface area contributed by atoms with Crippen LogP contribution in [0.5, 0.6) is 0 Å². The van der Waals surface area contributed by atoms with Crippen molar-refractivity contribution in [2.24, 2.45) is 23.1 Å². The summed E-state index contributed by atoms with van der Waals surface area (Å²) in [5.74, 6) is -6.04. The van der Waals surface area contributed by atoms with Gasteiger partial charge in [0, 0.05) is 12.2 Å². The molecule has 0 heterocycles. The second-order valence-corrected chi connectivity index (χ2v) is 7.52. The second kappa shape index (κ2) is 13.4. The molecule has 14 heteroatoms. The van der Waals surface area contributed by atoms with Crippen molar-refractivity contribution in [1.29, 1.82) is 0 Å². The molecular weight excluding hydrogens is 432 g/mol. The minimum atomic E-state index is -1.46. The van der Waals surface area contributed by atoms with Crippen LogP contribution in [-0.4, -0.2) is 70.5 Å². The molecule has 0 aromatic rings. The van der Waals surface area contributed by atoms with Gasteiger partial charge < -0.3 is 38.3 Å². The monoisotopic (exact) mass is 462 g/mol. The second-order valence-electron chi connectivity index (χ2n) is 7.16. The molecular formula is C17H30N6O7S. The van der Waals surface area contributed by atoms with Gasteiger partial charge in [-0.05, 0) is 12.3 Å². The van der Waals surface area contributed by atoms with E-state index in [1.165, 1.54) is 0 Å². The summed E-state index contributed by atoms with van der Waals surface area (Å²) in [6.45, 7) is 3.18. The number of primary amides is 2. The van der Waals surface area contributed by atoms with E-state index in [0.717, 1.165) is 0 Å². The molecule has 13 nitrogen and oxygen atoms in total. The Hall–Kier alpha value is -2.87. The van der Waals surface area contributed by atoms with Crippen molar-refractivity contribution >= 4 is 48.1 Å². The number of carbonyl (C=O) groups excluding carboxylic acids is 5. The first kappa shape index (κ1) is 28.1. The van der Waals surface area contributed by atoms with Crippen LogP contribution >= 0.6 is 12.6 Å². The minimum Gasteiger partial charge on any atom is -0.480 e.